The maximum atomic E-state index is 6.09. The summed E-state index contributed by atoms with van der Waals surface area (Å²) in [7, 11) is 0. The molecule has 0 atom stereocenters. The Hall–Kier alpha value is -1.38. The predicted molar refractivity (Wildman–Crippen MR) is 76.4 cm³/mol. The average molecular weight is 282 g/mol. The van der Waals surface area contributed by atoms with Crippen LogP contribution in [-0.4, -0.2) is 0 Å². The Balaban J connectivity index is 2.16. The van der Waals surface area contributed by atoms with Crippen molar-refractivity contribution in [2.24, 2.45) is 0 Å². The van der Waals surface area contributed by atoms with Crippen LogP contribution in [0.15, 0.2) is 36.4 Å². The Bertz CT molecular complexity index is 568. The van der Waals surface area contributed by atoms with Gasteiger partial charge in [-0.25, -0.2) is 0 Å². The van der Waals surface area contributed by atoms with Gasteiger partial charge in [0.05, 0.1) is 15.7 Å². The smallest absolute Gasteiger partial charge is 0.142 e. The van der Waals surface area contributed by atoms with Gasteiger partial charge in [-0.05, 0) is 30.7 Å². The molecule has 94 valence electrons. The third-order valence-corrected chi connectivity index (χ3v) is 3.44. The fourth-order valence-electron chi connectivity index (χ4n) is 1.58. The van der Waals surface area contributed by atoms with Crippen LogP contribution in [0, 0.1) is 6.92 Å². The standard InChI is InChI=1S/C14H13Cl2NO/c1-9-5-6-12(17)13(7-9)18-8-10-3-2-4-11(15)14(10)16/h2-7H,8,17H2,1H3. The lowest BCUT2D eigenvalue weighted by molar-refractivity contribution is 0.308. The normalized spacial score (nSPS) is 10.4. The fourth-order valence-corrected chi connectivity index (χ4v) is 1.96. The van der Waals surface area contributed by atoms with E-state index in [1.807, 2.05) is 37.3 Å². The number of nitrogens with two attached hydrogens (primary N) is 1. The van der Waals surface area contributed by atoms with E-state index in [9.17, 15) is 0 Å². The molecule has 0 aliphatic heterocycles. The van der Waals surface area contributed by atoms with Gasteiger partial charge in [0.1, 0.15) is 12.4 Å². The molecule has 0 aliphatic carbocycles. The van der Waals surface area contributed by atoms with Gasteiger partial charge < -0.3 is 10.5 Å². The summed E-state index contributed by atoms with van der Waals surface area (Å²) in [5, 5.41) is 1.04. The second-order valence-corrected chi connectivity index (χ2v) is 4.83. The lowest BCUT2D eigenvalue weighted by Crippen LogP contribution is -1.99. The number of hydrogen-bond donors (Lipinski definition) is 1. The molecule has 2 rings (SSSR count). The fraction of sp³-hybridized carbons (Fsp3) is 0.143. The third kappa shape index (κ3) is 2.89. The summed E-state index contributed by atoms with van der Waals surface area (Å²) in [6.07, 6.45) is 0. The summed E-state index contributed by atoms with van der Waals surface area (Å²) >= 11 is 12.0. The highest BCUT2D eigenvalue weighted by molar-refractivity contribution is 6.42. The van der Waals surface area contributed by atoms with E-state index in [0.717, 1.165) is 11.1 Å². The summed E-state index contributed by atoms with van der Waals surface area (Å²) in [5.74, 6) is 0.658. The Kier molecular flexibility index (Phi) is 4.00. The number of hydrogen-bond acceptors (Lipinski definition) is 2. The first-order valence-electron chi connectivity index (χ1n) is 5.50. The minimum atomic E-state index is 0.340. The van der Waals surface area contributed by atoms with Crippen molar-refractivity contribution in [1.82, 2.24) is 0 Å². The maximum Gasteiger partial charge on any atom is 0.142 e. The summed E-state index contributed by atoms with van der Waals surface area (Å²) in [6.45, 7) is 2.33. The van der Waals surface area contributed by atoms with Crippen LogP contribution < -0.4 is 10.5 Å². The van der Waals surface area contributed by atoms with Crippen molar-refractivity contribution in [3.8, 4) is 5.75 Å². The molecule has 0 spiro atoms. The van der Waals surface area contributed by atoms with Gasteiger partial charge in [-0.1, -0.05) is 41.4 Å². The van der Waals surface area contributed by atoms with Crippen molar-refractivity contribution in [3.63, 3.8) is 0 Å². The summed E-state index contributed by atoms with van der Waals surface area (Å²) in [6, 6.07) is 11.1. The number of ether oxygens (including phenoxy) is 1. The summed E-state index contributed by atoms with van der Waals surface area (Å²) in [4.78, 5) is 0. The predicted octanol–water partition coefficient (Wildman–Crippen LogP) is 4.46. The number of anilines is 1. The highest BCUT2D eigenvalue weighted by atomic mass is 35.5. The molecule has 0 bridgehead atoms. The third-order valence-electron chi connectivity index (χ3n) is 2.58. The van der Waals surface area contributed by atoms with E-state index in [4.69, 9.17) is 33.7 Å². The van der Waals surface area contributed by atoms with E-state index < -0.39 is 0 Å². The molecule has 0 unspecified atom stereocenters. The Morgan fingerprint density at radius 1 is 1.17 bits per heavy atom. The van der Waals surface area contributed by atoms with Crippen LogP contribution in [0.25, 0.3) is 0 Å². The van der Waals surface area contributed by atoms with Crippen molar-refractivity contribution in [3.05, 3.63) is 57.6 Å². The first-order valence-corrected chi connectivity index (χ1v) is 6.25. The molecule has 0 heterocycles. The van der Waals surface area contributed by atoms with Gasteiger partial charge >= 0.3 is 0 Å². The molecule has 2 aromatic carbocycles. The summed E-state index contributed by atoms with van der Waals surface area (Å²) < 4.78 is 5.67. The zero-order chi connectivity index (χ0) is 13.1. The number of benzene rings is 2. The molecule has 2 aromatic rings. The topological polar surface area (TPSA) is 35.2 Å². The van der Waals surface area contributed by atoms with Crippen LogP contribution in [0.1, 0.15) is 11.1 Å². The molecule has 0 saturated heterocycles. The van der Waals surface area contributed by atoms with Crippen LogP contribution in [0.5, 0.6) is 5.75 Å². The zero-order valence-electron chi connectivity index (χ0n) is 9.91. The van der Waals surface area contributed by atoms with Gasteiger partial charge in [-0.3, -0.25) is 0 Å². The molecule has 2 nitrogen and oxygen atoms in total. The van der Waals surface area contributed by atoms with Crippen LogP contribution >= 0.6 is 23.2 Å². The van der Waals surface area contributed by atoms with Crippen LogP contribution in [0.2, 0.25) is 10.0 Å². The van der Waals surface area contributed by atoms with Gasteiger partial charge in [0.15, 0.2) is 0 Å². The van der Waals surface area contributed by atoms with Gasteiger partial charge in [0.2, 0.25) is 0 Å². The molecule has 2 N–H and O–H groups in total. The van der Waals surface area contributed by atoms with Crippen molar-refractivity contribution in [1.29, 1.82) is 0 Å². The molecule has 0 radical (unpaired) electrons. The largest absolute Gasteiger partial charge is 0.487 e. The number of rotatable bonds is 3. The molecule has 0 aliphatic rings. The molecule has 18 heavy (non-hydrogen) atoms. The van der Waals surface area contributed by atoms with Crippen molar-refractivity contribution >= 4 is 28.9 Å². The van der Waals surface area contributed by atoms with E-state index in [-0.39, 0.29) is 0 Å². The van der Waals surface area contributed by atoms with Gasteiger partial charge in [-0.2, -0.15) is 0 Å². The second kappa shape index (κ2) is 5.51. The lowest BCUT2D eigenvalue weighted by Gasteiger charge is -2.11. The van der Waals surface area contributed by atoms with E-state index in [1.54, 1.807) is 6.07 Å². The SMILES string of the molecule is Cc1ccc(N)c(OCc2cccc(Cl)c2Cl)c1. The van der Waals surface area contributed by atoms with E-state index >= 15 is 0 Å². The Morgan fingerprint density at radius 2 is 1.94 bits per heavy atom. The van der Waals surface area contributed by atoms with Crippen LogP contribution in [0.3, 0.4) is 0 Å². The zero-order valence-corrected chi connectivity index (χ0v) is 11.4. The molecular weight excluding hydrogens is 269 g/mol. The highest BCUT2D eigenvalue weighted by Gasteiger charge is 2.06. The Labute approximate surface area is 116 Å². The second-order valence-electron chi connectivity index (χ2n) is 4.04. The highest BCUT2D eigenvalue weighted by Crippen LogP contribution is 2.28. The number of halogens is 2. The minimum absolute atomic E-state index is 0.340. The van der Waals surface area contributed by atoms with Crippen molar-refractivity contribution < 1.29 is 4.74 Å². The van der Waals surface area contributed by atoms with E-state index in [1.165, 1.54) is 0 Å². The molecule has 0 aromatic heterocycles. The number of nitrogen functional groups attached to an aromatic ring is 1. The lowest BCUT2D eigenvalue weighted by atomic mass is 10.2. The van der Waals surface area contributed by atoms with Crippen molar-refractivity contribution in [2.45, 2.75) is 13.5 Å². The van der Waals surface area contributed by atoms with Crippen LogP contribution in [0.4, 0.5) is 5.69 Å². The van der Waals surface area contributed by atoms with E-state index in [0.29, 0.717) is 28.1 Å². The monoisotopic (exact) mass is 281 g/mol. The Morgan fingerprint density at radius 3 is 2.72 bits per heavy atom. The van der Waals surface area contributed by atoms with Gasteiger partial charge in [0, 0.05) is 5.56 Å². The quantitative estimate of drug-likeness (QED) is 0.843. The average Bonchev–Trinajstić information content (AvgIpc) is 2.35. The molecular formula is C14H13Cl2NO. The van der Waals surface area contributed by atoms with Gasteiger partial charge in [0.25, 0.3) is 0 Å². The molecule has 0 amide bonds. The molecule has 0 saturated carbocycles. The first kappa shape index (κ1) is 13.1. The van der Waals surface area contributed by atoms with Gasteiger partial charge in [-0.15, -0.1) is 0 Å². The van der Waals surface area contributed by atoms with Crippen molar-refractivity contribution in [2.75, 3.05) is 5.73 Å². The maximum absolute atomic E-state index is 6.09. The first-order chi connectivity index (χ1) is 8.58. The molecule has 0 fully saturated rings. The summed E-state index contributed by atoms with van der Waals surface area (Å²) in [5.41, 5.74) is 8.38. The van der Waals surface area contributed by atoms with E-state index in [2.05, 4.69) is 0 Å². The number of aryl methyl sites for hydroxylation is 1. The molecule has 4 heteroatoms. The van der Waals surface area contributed by atoms with Crippen LogP contribution in [-0.2, 0) is 6.61 Å². The minimum Gasteiger partial charge on any atom is -0.487 e.